The first-order valence-corrected chi connectivity index (χ1v) is 16.1. The zero-order valence-corrected chi connectivity index (χ0v) is 27.8. The standard InChI is InChI=1S/C34H48F2N4O7/c1-34(2,3)47-33(43)40-19-10-13-26-15-16-27(37-30(26)40)14-8-9-18-39(21-22-45-24-29(35)36)20-17-28(31(41)44-4)38-32(42)46-23-25-11-6-5-7-12-25/h5-7,11-12,15-16,28-29H,8-10,13-14,17-24H2,1-4H3,(H,38,42)/t28-/m0/s1. The Balaban J connectivity index is 1.55. The number of benzene rings is 1. The van der Waals surface area contributed by atoms with Crippen LogP contribution in [0.5, 0.6) is 0 Å². The molecule has 0 bridgehead atoms. The average molecular weight is 663 g/mol. The van der Waals surface area contributed by atoms with E-state index < -0.39 is 42.8 Å². The minimum Gasteiger partial charge on any atom is -0.467 e. The number of unbranched alkanes of at least 4 members (excludes halogenated alkanes) is 1. The molecule has 260 valence electrons. The van der Waals surface area contributed by atoms with Gasteiger partial charge in [0.05, 0.1) is 13.7 Å². The highest BCUT2D eigenvalue weighted by Gasteiger charge is 2.29. The van der Waals surface area contributed by atoms with Crippen LogP contribution in [-0.4, -0.2) is 92.6 Å². The fourth-order valence-electron chi connectivity index (χ4n) is 5.07. The Morgan fingerprint density at radius 1 is 1.04 bits per heavy atom. The summed E-state index contributed by atoms with van der Waals surface area (Å²) in [4.78, 5) is 46.2. The van der Waals surface area contributed by atoms with Crippen LogP contribution >= 0.6 is 0 Å². The molecule has 1 aliphatic rings. The number of aromatic nitrogens is 1. The van der Waals surface area contributed by atoms with E-state index >= 15 is 0 Å². The molecule has 1 N–H and O–H groups in total. The molecular formula is C34H48F2N4O7. The maximum atomic E-state index is 12.8. The van der Waals surface area contributed by atoms with Gasteiger partial charge in [0.2, 0.25) is 0 Å². The van der Waals surface area contributed by atoms with E-state index in [4.69, 9.17) is 23.9 Å². The third kappa shape index (κ3) is 13.8. The van der Waals surface area contributed by atoms with E-state index in [-0.39, 0.29) is 19.6 Å². The smallest absolute Gasteiger partial charge is 0.416 e. The lowest BCUT2D eigenvalue weighted by atomic mass is 10.0. The minimum atomic E-state index is -2.56. The number of alkyl halides is 2. The number of anilines is 1. The van der Waals surface area contributed by atoms with Crippen molar-refractivity contribution in [1.82, 2.24) is 15.2 Å². The summed E-state index contributed by atoms with van der Waals surface area (Å²) < 4.78 is 46.1. The van der Waals surface area contributed by atoms with Crippen LogP contribution in [0.15, 0.2) is 42.5 Å². The number of amides is 2. The predicted octanol–water partition coefficient (Wildman–Crippen LogP) is 5.53. The van der Waals surface area contributed by atoms with Crippen LogP contribution in [0.1, 0.15) is 63.3 Å². The molecule has 0 saturated carbocycles. The number of ether oxygens (including phenoxy) is 4. The van der Waals surface area contributed by atoms with Crippen LogP contribution in [0.2, 0.25) is 0 Å². The number of carbonyl (C=O) groups is 3. The van der Waals surface area contributed by atoms with E-state index in [1.807, 2.05) is 68.1 Å². The molecule has 0 fully saturated rings. The summed E-state index contributed by atoms with van der Waals surface area (Å²) in [6.45, 7) is 6.87. The van der Waals surface area contributed by atoms with Crippen molar-refractivity contribution in [2.45, 2.75) is 84.0 Å². The van der Waals surface area contributed by atoms with Crippen LogP contribution in [0, 0.1) is 0 Å². The second kappa shape index (κ2) is 19.1. The topological polar surface area (TPSA) is 120 Å². The Bertz CT molecular complexity index is 1280. The molecule has 13 heteroatoms. The van der Waals surface area contributed by atoms with Crippen LogP contribution in [0.25, 0.3) is 0 Å². The maximum Gasteiger partial charge on any atom is 0.416 e. The van der Waals surface area contributed by atoms with Crippen molar-refractivity contribution >= 4 is 24.0 Å². The summed E-state index contributed by atoms with van der Waals surface area (Å²) in [7, 11) is 1.24. The van der Waals surface area contributed by atoms with E-state index in [0.29, 0.717) is 38.4 Å². The van der Waals surface area contributed by atoms with Gasteiger partial charge in [-0.1, -0.05) is 36.4 Å². The van der Waals surface area contributed by atoms with Gasteiger partial charge in [0.25, 0.3) is 6.43 Å². The first kappa shape index (κ1) is 37.6. The molecule has 1 atom stereocenters. The Morgan fingerprint density at radius 3 is 2.51 bits per heavy atom. The minimum absolute atomic E-state index is 0.0479. The van der Waals surface area contributed by atoms with Gasteiger partial charge < -0.3 is 29.2 Å². The molecule has 3 rings (SSSR count). The van der Waals surface area contributed by atoms with Crippen molar-refractivity contribution in [1.29, 1.82) is 0 Å². The molecular weight excluding hydrogens is 614 g/mol. The van der Waals surface area contributed by atoms with Crippen molar-refractivity contribution in [3.63, 3.8) is 0 Å². The van der Waals surface area contributed by atoms with Gasteiger partial charge in [0.1, 0.15) is 30.7 Å². The first-order valence-electron chi connectivity index (χ1n) is 16.1. The van der Waals surface area contributed by atoms with Crippen molar-refractivity contribution in [2.24, 2.45) is 0 Å². The fourth-order valence-corrected chi connectivity index (χ4v) is 5.07. The highest BCUT2D eigenvalue weighted by molar-refractivity contribution is 5.88. The van der Waals surface area contributed by atoms with Crippen molar-refractivity contribution in [3.8, 4) is 0 Å². The highest BCUT2D eigenvalue weighted by atomic mass is 19.3. The number of esters is 1. The normalized spacial score (nSPS) is 13.7. The zero-order valence-electron chi connectivity index (χ0n) is 27.8. The van der Waals surface area contributed by atoms with E-state index in [0.717, 1.165) is 42.5 Å². The van der Waals surface area contributed by atoms with Crippen LogP contribution in [0.3, 0.4) is 0 Å². The average Bonchev–Trinajstić information content (AvgIpc) is 3.04. The molecule has 11 nitrogen and oxygen atoms in total. The third-order valence-corrected chi connectivity index (χ3v) is 7.39. The van der Waals surface area contributed by atoms with E-state index in [1.54, 1.807) is 4.90 Å². The summed E-state index contributed by atoms with van der Waals surface area (Å²) >= 11 is 0. The third-order valence-electron chi connectivity index (χ3n) is 7.39. The van der Waals surface area contributed by atoms with Crippen molar-refractivity contribution in [2.75, 3.05) is 51.4 Å². The summed E-state index contributed by atoms with van der Waals surface area (Å²) in [5, 5.41) is 2.58. The number of nitrogens with zero attached hydrogens (tertiary/aromatic N) is 3. The predicted molar refractivity (Wildman–Crippen MR) is 173 cm³/mol. The van der Waals surface area contributed by atoms with E-state index in [9.17, 15) is 23.2 Å². The molecule has 1 aliphatic heterocycles. The molecule has 0 aliphatic carbocycles. The SMILES string of the molecule is COC(=O)[C@H](CCN(CCCCc1ccc2c(n1)N(C(=O)OC(C)(C)C)CCC2)CCOCC(F)F)NC(=O)OCc1ccccc1. The summed E-state index contributed by atoms with van der Waals surface area (Å²) in [6, 6.07) is 12.2. The summed E-state index contributed by atoms with van der Waals surface area (Å²) in [6.07, 6.45) is 0.377. The van der Waals surface area contributed by atoms with Gasteiger partial charge in [-0.15, -0.1) is 0 Å². The van der Waals surface area contributed by atoms with Gasteiger partial charge in [-0.05, 0) is 83.0 Å². The largest absolute Gasteiger partial charge is 0.467 e. The van der Waals surface area contributed by atoms with Gasteiger partial charge in [-0.2, -0.15) is 0 Å². The Labute approximate surface area is 275 Å². The Hall–Kier alpha value is -3.84. The van der Waals surface area contributed by atoms with E-state index in [1.165, 1.54) is 7.11 Å². The Morgan fingerprint density at radius 2 is 1.81 bits per heavy atom. The van der Waals surface area contributed by atoms with Crippen LogP contribution in [0.4, 0.5) is 24.2 Å². The van der Waals surface area contributed by atoms with Gasteiger partial charge in [-0.25, -0.2) is 28.1 Å². The second-order valence-electron chi connectivity index (χ2n) is 12.4. The molecule has 0 spiro atoms. The van der Waals surface area contributed by atoms with Gasteiger partial charge in [0, 0.05) is 25.3 Å². The molecule has 0 unspecified atom stereocenters. The highest BCUT2D eigenvalue weighted by Crippen LogP contribution is 2.27. The van der Waals surface area contributed by atoms with Crippen molar-refractivity contribution in [3.05, 3.63) is 59.3 Å². The lowest BCUT2D eigenvalue weighted by Gasteiger charge is -2.31. The number of hydrogen-bond acceptors (Lipinski definition) is 9. The number of hydrogen-bond donors (Lipinski definition) is 1. The summed E-state index contributed by atoms with van der Waals surface area (Å²) in [5.41, 5.74) is 2.06. The van der Waals surface area contributed by atoms with Gasteiger partial charge >= 0.3 is 18.2 Å². The quantitative estimate of drug-likeness (QED) is 0.132. The molecule has 1 aromatic carbocycles. The molecule has 2 aromatic rings. The van der Waals surface area contributed by atoms with Gasteiger partial charge in [-0.3, -0.25) is 4.90 Å². The lowest BCUT2D eigenvalue weighted by Crippen LogP contribution is -2.44. The van der Waals surface area contributed by atoms with Crippen LogP contribution < -0.4 is 10.2 Å². The van der Waals surface area contributed by atoms with Gasteiger partial charge in [0.15, 0.2) is 0 Å². The van der Waals surface area contributed by atoms with E-state index in [2.05, 4.69) is 5.32 Å². The number of aryl methyl sites for hydroxylation is 2. The molecule has 2 amide bonds. The van der Waals surface area contributed by atoms with Crippen molar-refractivity contribution < 1.29 is 42.1 Å². The fraction of sp³-hybridized carbons (Fsp3) is 0.588. The van der Waals surface area contributed by atoms with Crippen LogP contribution in [-0.2, 0) is 43.2 Å². The second-order valence-corrected chi connectivity index (χ2v) is 12.4. The number of alkyl carbamates (subject to hydrolysis) is 1. The number of carbonyl (C=O) groups excluding carboxylic acids is 3. The lowest BCUT2D eigenvalue weighted by molar-refractivity contribution is -0.143. The number of pyridine rings is 1. The first-order chi connectivity index (χ1) is 22.4. The maximum absolute atomic E-state index is 12.8. The Kier molecular flexibility index (Phi) is 15.3. The summed E-state index contributed by atoms with van der Waals surface area (Å²) in [5.74, 6) is 0.0268. The molecule has 47 heavy (non-hydrogen) atoms. The number of fused-ring (bicyclic) bond motifs is 1. The monoisotopic (exact) mass is 662 g/mol. The zero-order chi connectivity index (χ0) is 34.2. The number of halogens is 2. The molecule has 1 aromatic heterocycles. The number of nitrogens with one attached hydrogen (secondary N) is 1. The molecule has 0 radical (unpaired) electrons. The number of methoxy groups -OCH3 is 1. The number of rotatable bonds is 17. The molecule has 2 heterocycles. The molecule has 0 saturated heterocycles.